The fraction of sp³-hybridized carbons (Fsp3) is 0.667. The molecule has 0 saturated heterocycles. The Balaban J connectivity index is 2.16. The van der Waals surface area contributed by atoms with Crippen molar-refractivity contribution in [3.63, 3.8) is 0 Å². The van der Waals surface area contributed by atoms with Crippen LogP contribution in [0.2, 0.25) is 0 Å². The molecule has 0 bridgehead atoms. The molecule has 0 saturated carbocycles. The molecule has 1 atom stereocenters. The summed E-state index contributed by atoms with van der Waals surface area (Å²) in [5.41, 5.74) is 0.302. The van der Waals surface area contributed by atoms with E-state index in [2.05, 4.69) is 22.0 Å². The van der Waals surface area contributed by atoms with E-state index in [9.17, 15) is 8.42 Å². The van der Waals surface area contributed by atoms with Gasteiger partial charge in [0.25, 0.3) is 0 Å². The third kappa shape index (κ3) is 4.38. The smallest absolute Gasteiger partial charge is 0.244 e. The molecule has 8 heteroatoms. The van der Waals surface area contributed by atoms with Crippen LogP contribution in [0.5, 0.6) is 0 Å². The lowest BCUT2D eigenvalue weighted by Gasteiger charge is -2.11. The Morgan fingerprint density at radius 2 is 2.00 bits per heavy atom. The minimum atomic E-state index is -3.45. The van der Waals surface area contributed by atoms with Gasteiger partial charge >= 0.3 is 0 Å². The summed E-state index contributed by atoms with van der Waals surface area (Å²) in [5, 5.41) is 5.83. The van der Waals surface area contributed by atoms with Gasteiger partial charge in [-0.25, -0.2) is 13.4 Å². The van der Waals surface area contributed by atoms with Gasteiger partial charge in [-0.3, -0.25) is 0 Å². The van der Waals surface area contributed by atoms with E-state index in [1.165, 1.54) is 11.3 Å². The first-order chi connectivity index (χ1) is 10.6. The summed E-state index contributed by atoms with van der Waals surface area (Å²) in [6.07, 6.45) is 1.87. The minimum absolute atomic E-state index is 0.110. The maximum absolute atomic E-state index is 12.6. The van der Waals surface area contributed by atoms with Crippen molar-refractivity contribution in [1.82, 2.24) is 15.1 Å². The lowest BCUT2D eigenvalue weighted by molar-refractivity contribution is 0.361. The molecule has 0 N–H and O–H groups in total. The zero-order valence-corrected chi connectivity index (χ0v) is 15.8. The number of hydrogen-bond acceptors (Lipinski definition) is 7. The largest absolute Gasteiger partial charge is 0.338 e. The minimum Gasteiger partial charge on any atom is -0.338 e. The Bertz CT molecular complexity index is 757. The van der Waals surface area contributed by atoms with Crippen LogP contribution in [0.25, 0.3) is 0 Å². The lowest BCUT2D eigenvalue weighted by atomic mass is 9.96. The molecule has 0 spiro atoms. The Morgan fingerprint density at radius 1 is 1.30 bits per heavy atom. The Morgan fingerprint density at radius 3 is 2.57 bits per heavy atom. The summed E-state index contributed by atoms with van der Waals surface area (Å²) >= 11 is 1.50. The summed E-state index contributed by atoms with van der Waals surface area (Å²) in [5.74, 6) is 0.536. The van der Waals surface area contributed by atoms with Crippen LogP contribution in [0.3, 0.4) is 0 Å². The molecule has 128 valence electrons. The summed E-state index contributed by atoms with van der Waals surface area (Å²) < 4.78 is 30.3. The van der Waals surface area contributed by atoms with Gasteiger partial charge in [0.1, 0.15) is 5.25 Å². The molecule has 23 heavy (non-hydrogen) atoms. The molecule has 2 aromatic rings. The molecule has 0 aliphatic rings. The Kier molecular flexibility index (Phi) is 5.25. The van der Waals surface area contributed by atoms with Crippen molar-refractivity contribution >= 4 is 21.2 Å². The predicted molar refractivity (Wildman–Crippen MR) is 90.1 cm³/mol. The van der Waals surface area contributed by atoms with Gasteiger partial charge in [0.15, 0.2) is 15.7 Å². The zero-order valence-electron chi connectivity index (χ0n) is 14.2. The second-order valence-corrected chi connectivity index (χ2v) is 9.90. The average Bonchev–Trinajstić information content (AvgIpc) is 3.06. The van der Waals surface area contributed by atoms with Crippen molar-refractivity contribution in [2.75, 3.05) is 0 Å². The summed E-state index contributed by atoms with van der Waals surface area (Å²) in [6, 6.07) is 0. The molecular formula is C15H23N3O3S2. The molecule has 0 aliphatic heterocycles. The molecule has 0 aromatic carbocycles. The molecule has 6 nitrogen and oxygen atoms in total. The fourth-order valence-electron chi connectivity index (χ4n) is 1.93. The molecule has 0 radical (unpaired) electrons. The standard InChI is InChI=1S/C15H23N3O3S2/c1-6-7-12-16-11(8-22-12)9-23(19,20)10(2)13-17-14(18-21-13)15(3,4)5/h8,10H,6-7,9H2,1-5H3/t10-/m0/s1. The molecule has 2 aromatic heterocycles. The summed E-state index contributed by atoms with van der Waals surface area (Å²) in [7, 11) is -3.45. The topological polar surface area (TPSA) is 86.0 Å². The maximum Gasteiger partial charge on any atom is 0.244 e. The first-order valence-corrected chi connectivity index (χ1v) is 10.2. The number of thiazole rings is 1. The van der Waals surface area contributed by atoms with Gasteiger partial charge < -0.3 is 4.52 Å². The molecule has 0 amide bonds. The fourth-order valence-corrected chi connectivity index (χ4v) is 4.15. The van der Waals surface area contributed by atoms with Gasteiger partial charge in [0, 0.05) is 10.8 Å². The average molecular weight is 358 g/mol. The van der Waals surface area contributed by atoms with E-state index in [0.717, 1.165) is 17.8 Å². The molecule has 2 rings (SSSR count). The third-order valence-electron chi connectivity index (χ3n) is 3.41. The molecule has 0 aliphatic carbocycles. The number of aryl methyl sites for hydroxylation is 1. The van der Waals surface area contributed by atoms with Crippen molar-refractivity contribution in [3.8, 4) is 0 Å². The van der Waals surface area contributed by atoms with Crippen LogP contribution in [0.1, 0.15) is 68.7 Å². The van der Waals surface area contributed by atoms with Gasteiger partial charge in [-0.2, -0.15) is 4.98 Å². The lowest BCUT2D eigenvalue weighted by Crippen LogP contribution is -2.16. The summed E-state index contributed by atoms with van der Waals surface area (Å²) in [6.45, 7) is 9.50. The number of rotatable bonds is 6. The van der Waals surface area contributed by atoms with E-state index in [0.29, 0.717) is 11.5 Å². The predicted octanol–water partition coefficient (Wildman–Crippen LogP) is 3.45. The van der Waals surface area contributed by atoms with Gasteiger partial charge in [0.05, 0.1) is 16.5 Å². The van der Waals surface area contributed by atoms with Crippen LogP contribution in [-0.2, 0) is 27.4 Å². The Hall–Kier alpha value is -1.28. The zero-order chi connectivity index (χ0) is 17.3. The number of aromatic nitrogens is 3. The first-order valence-electron chi connectivity index (χ1n) is 7.62. The van der Waals surface area contributed by atoms with E-state index < -0.39 is 15.1 Å². The van der Waals surface area contributed by atoms with Gasteiger partial charge in [-0.05, 0) is 19.8 Å². The SMILES string of the molecule is CCCc1nc(CS(=O)(=O)[C@@H](C)c2nc(C(C)(C)C)no2)cs1. The van der Waals surface area contributed by atoms with Crippen molar-refractivity contribution in [3.05, 3.63) is 27.8 Å². The number of hydrogen-bond donors (Lipinski definition) is 0. The van der Waals surface area contributed by atoms with E-state index in [1.807, 2.05) is 26.2 Å². The molecular weight excluding hydrogens is 334 g/mol. The molecule has 0 fully saturated rings. The number of sulfone groups is 1. The van der Waals surface area contributed by atoms with Crippen LogP contribution in [0, 0.1) is 0 Å². The van der Waals surface area contributed by atoms with Crippen LogP contribution >= 0.6 is 11.3 Å². The highest BCUT2D eigenvalue weighted by Crippen LogP contribution is 2.27. The normalized spacial score (nSPS) is 14.1. The highest BCUT2D eigenvalue weighted by molar-refractivity contribution is 7.90. The van der Waals surface area contributed by atoms with Crippen molar-refractivity contribution < 1.29 is 12.9 Å². The monoisotopic (exact) mass is 357 g/mol. The van der Waals surface area contributed by atoms with Crippen molar-refractivity contribution in [2.45, 2.75) is 63.9 Å². The van der Waals surface area contributed by atoms with Crippen LogP contribution in [0.4, 0.5) is 0 Å². The van der Waals surface area contributed by atoms with Gasteiger partial charge in [-0.1, -0.05) is 32.9 Å². The highest BCUT2D eigenvalue weighted by Gasteiger charge is 2.31. The van der Waals surface area contributed by atoms with Crippen LogP contribution in [0.15, 0.2) is 9.90 Å². The van der Waals surface area contributed by atoms with Crippen LogP contribution < -0.4 is 0 Å². The van der Waals surface area contributed by atoms with E-state index in [-0.39, 0.29) is 17.1 Å². The van der Waals surface area contributed by atoms with Crippen LogP contribution in [-0.4, -0.2) is 23.5 Å². The number of nitrogens with zero attached hydrogens (tertiary/aromatic N) is 3. The molecule has 2 heterocycles. The van der Waals surface area contributed by atoms with Gasteiger partial charge in [-0.15, -0.1) is 11.3 Å². The second kappa shape index (κ2) is 6.68. The second-order valence-electron chi connectivity index (χ2n) is 6.64. The highest BCUT2D eigenvalue weighted by atomic mass is 32.2. The molecule has 0 unspecified atom stereocenters. The summed E-state index contributed by atoms with van der Waals surface area (Å²) in [4.78, 5) is 8.63. The van der Waals surface area contributed by atoms with E-state index >= 15 is 0 Å². The van der Waals surface area contributed by atoms with E-state index in [1.54, 1.807) is 6.92 Å². The van der Waals surface area contributed by atoms with Gasteiger partial charge in [0.2, 0.25) is 5.89 Å². The first kappa shape index (κ1) is 18.1. The maximum atomic E-state index is 12.6. The third-order valence-corrected chi connectivity index (χ3v) is 6.35. The quantitative estimate of drug-likeness (QED) is 0.787. The Labute approximate surface area is 141 Å². The van der Waals surface area contributed by atoms with E-state index in [4.69, 9.17) is 4.52 Å². The van der Waals surface area contributed by atoms with Crippen molar-refractivity contribution in [2.24, 2.45) is 0 Å². The van der Waals surface area contributed by atoms with Crippen molar-refractivity contribution in [1.29, 1.82) is 0 Å².